The zero-order valence-electron chi connectivity index (χ0n) is 10.8. The third-order valence-electron chi connectivity index (χ3n) is 2.61. The molecule has 0 heterocycles. The number of benzene rings is 1. The second-order valence-electron chi connectivity index (χ2n) is 4.28. The summed E-state index contributed by atoms with van der Waals surface area (Å²) in [5, 5.41) is 0. The summed E-state index contributed by atoms with van der Waals surface area (Å²) in [6, 6.07) is 6.79. The monoisotopic (exact) mass is 462 g/mol. The Labute approximate surface area is 130 Å². The van der Waals surface area contributed by atoms with Crippen molar-refractivity contribution in [3.8, 4) is 0 Å². The SMILES string of the molecule is [O]=[Sn]([O]Cc1ccccc1)[C](F)(F)C(F)(F)C(F)(F)C(F)(F)F. The van der Waals surface area contributed by atoms with Gasteiger partial charge < -0.3 is 0 Å². The maximum atomic E-state index is 13.2. The molecule has 0 bridgehead atoms. The molecular weight excluding hydrogens is 454 g/mol. The van der Waals surface area contributed by atoms with E-state index in [1.165, 1.54) is 30.3 Å². The van der Waals surface area contributed by atoms with Crippen LogP contribution in [0.15, 0.2) is 30.3 Å². The minimum absolute atomic E-state index is 0.100. The Hall–Kier alpha value is -0.851. The van der Waals surface area contributed by atoms with Gasteiger partial charge in [0, 0.05) is 0 Å². The van der Waals surface area contributed by atoms with Crippen molar-refractivity contribution in [1.82, 2.24) is 0 Å². The first-order chi connectivity index (χ1) is 10.2. The summed E-state index contributed by atoms with van der Waals surface area (Å²) in [7, 11) is 0. The molecule has 0 atom stereocenters. The van der Waals surface area contributed by atoms with Crippen molar-refractivity contribution in [3.05, 3.63) is 35.9 Å². The van der Waals surface area contributed by atoms with Gasteiger partial charge in [-0.3, -0.25) is 0 Å². The Kier molecular flexibility index (Phi) is 5.77. The third-order valence-corrected chi connectivity index (χ3v) is 6.13. The Morgan fingerprint density at radius 3 is 1.74 bits per heavy atom. The van der Waals surface area contributed by atoms with Crippen molar-refractivity contribution >= 4 is 20.2 Å². The van der Waals surface area contributed by atoms with Crippen LogP contribution in [0.2, 0.25) is 0 Å². The van der Waals surface area contributed by atoms with Crippen LogP contribution in [0.4, 0.5) is 39.5 Å². The molecule has 0 fully saturated rings. The summed E-state index contributed by atoms with van der Waals surface area (Å²) < 4.78 is 122. The van der Waals surface area contributed by atoms with Crippen molar-refractivity contribution in [2.24, 2.45) is 0 Å². The fourth-order valence-electron chi connectivity index (χ4n) is 1.32. The van der Waals surface area contributed by atoms with Gasteiger partial charge in [-0.1, -0.05) is 0 Å². The van der Waals surface area contributed by atoms with E-state index in [0.29, 0.717) is 0 Å². The minimum atomic E-state index is -7.06. The van der Waals surface area contributed by atoms with Crippen molar-refractivity contribution < 1.29 is 45.7 Å². The van der Waals surface area contributed by atoms with Gasteiger partial charge in [-0.05, 0) is 0 Å². The van der Waals surface area contributed by atoms with E-state index in [9.17, 15) is 42.6 Å². The van der Waals surface area contributed by atoms with E-state index in [4.69, 9.17) is 0 Å². The standard InChI is InChI=1S/C7H7O.C4F9.O.Sn/c8-6-7-4-2-1-3-5-7;5-1(6)2(7,8)3(9,10)4(11,12)13;;/h1-5H,6H2;;;/q-1;;;+1. The van der Waals surface area contributed by atoms with Gasteiger partial charge in [0.25, 0.3) is 0 Å². The van der Waals surface area contributed by atoms with E-state index in [0.717, 1.165) is 0 Å². The van der Waals surface area contributed by atoms with Gasteiger partial charge in [0.15, 0.2) is 0 Å². The maximum absolute atomic E-state index is 13.2. The van der Waals surface area contributed by atoms with E-state index >= 15 is 0 Å². The molecule has 0 unspecified atom stereocenters. The number of halogens is 9. The summed E-state index contributed by atoms with van der Waals surface area (Å²) in [5.74, 6) is -14.0. The second kappa shape index (κ2) is 6.57. The van der Waals surface area contributed by atoms with E-state index < -0.39 is 48.7 Å². The zero-order chi connectivity index (χ0) is 18.1. The van der Waals surface area contributed by atoms with Crippen molar-refractivity contribution in [2.45, 2.75) is 28.6 Å². The first-order valence-electron chi connectivity index (χ1n) is 5.66. The molecule has 2 nitrogen and oxygen atoms in total. The Bertz CT molecular complexity index is 556. The van der Waals surface area contributed by atoms with E-state index in [1.54, 1.807) is 0 Å². The molecule has 0 aliphatic carbocycles. The van der Waals surface area contributed by atoms with E-state index in [-0.39, 0.29) is 5.56 Å². The predicted octanol–water partition coefficient (Wildman–Crippen LogP) is 4.13. The van der Waals surface area contributed by atoms with Crippen LogP contribution < -0.4 is 0 Å². The molecule has 0 aromatic heterocycles. The number of rotatable bonds is 6. The molecule has 23 heavy (non-hydrogen) atoms. The molecule has 0 aliphatic heterocycles. The molecule has 12 heteroatoms. The molecule has 0 amide bonds. The van der Waals surface area contributed by atoms with Crippen molar-refractivity contribution in [2.75, 3.05) is 0 Å². The number of alkyl halides is 9. The average Bonchev–Trinajstić information content (AvgIpc) is 2.44. The third kappa shape index (κ3) is 3.80. The average molecular weight is 461 g/mol. The van der Waals surface area contributed by atoms with Crippen LogP contribution in [0.25, 0.3) is 0 Å². The van der Waals surface area contributed by atoms with E-state index in [2.05, 4.69) is 3.07 Å². The molecule has 0 radical (unpaired) electrons. The molecule has 0 aliphatic rings. The molecule has 1 aromatic carbocycles. The summed E-state index contributed by atoms with van der Waals surface area (Å²) >= 11 is -6.34. The second-order valence-corrected chi connectivity index (χ2v) is 8.54. The molecule has 0 saturated carbocycles. The Morgan fingerprint density at radius 1 is 0.826 bits per heavy atom. The van der Waals surface area contributed by atoms with Crippen LogP contribution >= 0.6 is 0 Å². The summed E-state index contributed by atoms with van der Waals surface area (Å²) in [6.45, 7) is -0.887. The van der Waals surface area contributed by atoms with Crippen LogP contribution in [0, 0.1) is 0 Å². The van der Waals surface area contributed by atoms with Crippen LogP contribution in [-0.2, 0) is 12.8 Å². The topological polar surface area (TPSA) is 26.3 Å². The molecule has 1 aromatic rings. The first-order valence-corrected chi connectivity index (χ1v) is 9.42. The van der Waals surface area contributed by atoms with Gasteiger partial charge in [0.1, 0.15) is 0 Å². The normalized spacial score (nSPS) is 14.0. The number of hydrogen-bond donors (Lipinski definition) is 0. The zero-order valence-corrected chi connectivity index (χ0v) is 13.7. The van der Waals surface area contributed by atoms with Crippen LogP contribution in [0.5, 0.6) is 0 Å². The molecular formula is C11H7F9O2Sn. The van der Waals surface area contributed by atoms with E-state index in [1.807, 2.05) is 0 Å². The van der Waals surface area contributed by atoms with Crippen LogP contribution in [0.3, 0.4) is 0 Å². The summed E-state index contributed by atoms with van der Waals surface area (Å²) in [4.78, 5) is 0. The van der Waals surface area contributed by atoms with Crippen LogP contribution in [0.1, 0.15) is 5.56 Å². The fraction of sp³-hybridized carbons (Fsp3) is 0.455. The van der Waals surface area contributed by atoms with Gasteiger partial charge >= 0.3 is 130 Å². The Morgan fingerprint density at radius 2 is 1.30 bits per heavy atom. The number of hydrogen-bond acceptors (Lipinski definition) is 2. The molecule has 1 rings (SSSR count). The molecule has 0 spiro atoms. The van der Waals surface area contributed by atoms with Crippen molar-refractivity contribution in [1.29, 1.82) is 0 Å². The van der Waals surface area contributed by atoms with Gasteiger partial charge in [-0.15, -0.1) is 0 Å². The van der Waals surface area contributed by atoms with Gasteiger partial charge in [-0.25, -0.2) is 0 Å². The quantitative estimate of drug-likeness (QED) is 0.471. The molecule has 0 saturated heterocycles. The molecule has 130 valence electrons. The van der Waals surface area contributed by atoms with Gasteiger partial charge in [0.05, 0.1) is 0 Å². The van der Waals surface area contributed by atoms with Gasteiger partial charge in [-0.2, -0.15) is 0 Å². The summed E-state index contributed by atoms with van der Waals surface area (Å²) in [6.07, 6.45) is -6.94. The summed E-state index contributed by atoms with van der Waals surface area (Å²) in [5.41, 5.74) is 0.100. The predicted molar refractivity (Wildman–Crippen MR) is 58.6 cm³/mol. The van der Waals surface area contributed by atoms with Crippen molar-refractivity contribution in [3.63, 3.8) is 0 Å². The first kappa shape index (κ1) is 20.2. The Balaban J connectivity index is 2.97. The fourth-order valence-corrected chi connectivity index (χ4v) is 3.86. The van der Waals surface area contributed by atoms with Gasteiger partial charge in [0.2, 0.25) is 0 Å². The van der Waals surface area contributed by atoms with Crippen LogP contribution in [-0.4, -0.2) is 42.1 Å². The molecule has 0 N–H and O–H groups in total.